The van der Waals surface area contributed by atoms with Crippen LogP contribution < -0.4 is 10.6 Å². The molecule has 0 fully saturated rings. The summed E-state index contributed by atoms with van der Waals surface area (Å²) in [4.78, 5) is 0. The van der Waals surface area contributed by atoms with E-state index in [0.29, 0.717) is 18.2 Å². The molecule has 1 aromatic heterocycles. The molecule has 4 nitrogen and oxygen atoms in total. The molecule has 0 aliphatic heterocycles. The molecule has 1 heterocycles. The van der Waals surface area contributed by atoms with E-state index >= 15 is 0 Å². The van der Waals surface area contributed by atoms with Gasteiger partial charge in [-0.15, -0.1) is 0 Å². The average Bonchev–Trinajstić information content (AvgIpc) is 3.06. The minimum absolute atomic E-state index is 0.379. The number of rotatable bonds is 8. The van der Waals surface area contributed by atoms with Crippen molar-refractivity contribution >= 4 is 10.8 Å². The molecule has 2 atom stereocenters. The number of hydrogen-bond acceptors (Lipinski definition) is 4. The summed E-state index contributed by atoms with van der Waals surface area (Å²) in [5.41, 5.74) is 2.58. The Morgan fingerprint density at radius 1 is 1.04 bits per heavy atom. The van der Waals surface area contributed by atoms with Crippen LogP contribution in [0.25, 0.3) is 10.8 Å². The molecule has 2 unspecified atom stereocenters. The quantitative estimate of drug-likeness (QED) is 0.588. The van der Waals surface area contributed by atoms with E-state index < -0.39 is 6.10 Å². The van der Waals surface area contributed by atoms with E-state index in [4.69, 9.17) is 4.42 Å². The Morgan fingerprint density at radius 2 is 1.80 bits per heavy atom. The van der Waals surface area contributed by atoms with Gasteiger partial charge in [-0.25, -0.2) is 0 Å². The third-order valence-corrected chi connectivity index (χ3v) is 4.56. The number of hydrogen-bond donors (Lipinski definition) is 3. The molecule has 3 aromatic rings. The van der Waals surface area contributed by atoms with E-state index in [-0.39, 0.29) is 0 Å². The van der Waals surface area contributed by atoms with Crippen LogP contribution in [-0.4, -0.2) is 25.2 Å². The highest BCUT2D eigenvalue weighted by molar-refractivity contribution is 5.84. The molecular formula is C21H26N2O2. The summed E-state index contributed by atoms with van der Waals surface area (Å²) in [7, 11) is 1.95. The van der Waals surface area contributed by atoms with Gasteiger partial charge in [-0.1, -0.05) is 55.5 Å². The monoisotopic (exact) mass is 338 g/mol. The number of nitrogens with one attached hydrogen (secondary N) is 2. The van der Waals surface area contributed by atoms with Crippen molar-refractivity contribution in [2.45, 2.75) is 25.5 Å². The highest BCUT2D eigenvalue weighted by Gasteiger charge is 2.15. The normalized spacial score (nSPS) is 13.9. The van der Waals surface area contributed by atoms with Crippen molar-refractivity contribution < 1.29 is 9.52 Å². The van der Waals surface area contributed by atoms with Crippen LogP contribution in [0.4, 0.5) is 0 Å². The van der Waals surface area contributed by atoms with E-state index in [9.17, 15) is 5.11 Å². The van der Waals surface area contributed by atoms with Crippen LogP contribution >= 0.6 is 0 Å². The Bertz CT molecular complexity index is 795. The second kappa shape index (κ2) is 8.30. The van der Waals surface area contributed by atoms with Crippen molar-refractivity contribution in [2.24, 2.45) is 0 Å². The van der Waals surface area contributed by atoms with Crippen LogP contribution in [0, 0.1) is 0 Å². The lowest BCUT2D eigenvalue weighted by Gasteiger charge is -2.15. The molecule has 4 heteroatoms. The van der Waals surface area contributed by atoms with Gasteiger partial charge in [0, 0.05) is 30.4 Å². The molecule has 0 amide bonds. The fourth-order valence-electron chi connectivity index (χ4n) is 3.09. The van der Waals surface area contributed by atoms with E-state index in [1.807, 2.05) is 31.3 Å². The number of aliphatic hydroxyl groups is 1. The molecule has 0 saturated carbocycles. The first-order valence-electron chi connectivity index (χ1n) is 8.77. The summed E-state index contributed by atoms with van der Waals surface area (Å²) in [6, 6.07) is 16.6. The van der Waals surface area contributed by atoms with Crippen LogP contribution in [0.15, 0.2) is 59.2 Å². The topological polar surface area (TPSA) is 57.4 Å². The summed E-state index contributed by atoms with van der Waals surface area (Å²) in [6.07, 6.45) is 1.05. The van der Waals surface area contributed by atoms with E-state index in [2.05, 4.69) is 41.8 Å². The van der Waals surface area contributed by atoms with Gasteiger partial charge in [0.15, 0.2) is 0 Å². The SMILES string of the molecule is CNCc1ccc(C(C)CNCC(O)c2occ3ccccc23)cc1. The maximum absolute atomic E-state index is 10.4. The van der Waals surface area contributed by atoms with Crippen LogP contribution in [0.1, 0.15) is 35.8 Å². The van der Waals surface area contributed by atoms with Crippen molar-refractivity contribution in [1.82, 2.24) is 10.6 Å². The van der Waals surface area contributed by atoms with Gasteiger partial charge >= 0.3 is 0 Å². The Balaban J connectivity index is 1.53. The van der Waals surface area contributed by atoms with Crippen LogP contribution in [0.5, 0.6) is 0 Å². The molecule has 3 N–H and O–H groups in total. The number of aliphatic hydroxyl groups excluding tert-OH is 1. The first kappa shape index (κ1) is 17.7. The van der Waals surface area contributed by atoms with Crippen molar-refractivity contribution in [1.29, 1.82) is 0 Å². The molecule has 3 rings (SSSR count). The molecule has 25 heavy (non-hydrogen) atoms. The van der Waals surface area contributed by atoms with Gasteiger partial charge in [-0.05, 0) is 24.1 Å². The fraction of sp³-hybridized carbons (Fsp3) is 0.333. The summed E-state index contributed by atoms with van der Waals surface area (Å²) in [6.45, 7) is 4.35. The van der Waals surface area contributed by atoms with Crippen molar-refractivity contribution in [3.05, 3.63) is 71.7 Å². The first-order valence-corrected chi connectivity index (χ1v) is 8.77. The molecule has 0 bridgehead atoms. The van der Waals surface area contributed by atoms with Crippen molar-refractivity contribution in [3.8, 4) is 0 Å². The van der Waals surface area contributed by atoms with Crippen molar-refractivity contribution in [2.75, 3.05) is 20.1 Å². The van der Waals surface area contributed by atoms with Gasteiger partial charge in [0.2, 0.25) is 0 Å². The molecule has 0 radical (unpaired) electrons. The second-order valence-corrected chi connectivity index (χ2v) is 6.53. The number of fused-ring (bicyclic) bond motifs is 1. The smallest absolute Gasteiger partial charge is 0.141 e. The lowest BCUT2D eigenvalue weighted by atomic mass is 9.99. The van der Waals surface area contributed by atoms with Gasteiger partial charge in [-0.2, -0.15) is 0 Å². The lowest BCUT2D eigenvalue weighted by molar-refractivity contribution is 0.149. The van der Waals surface area contributed by atoms with E-state index in [0.717, 1.165) is 23.9 Å². The standard InChI is InChI=1S/C21H26N2O2/c1-15(17-9-7-16(8-10-17)12-22-2)11-23-13-20(24)21-19-6-4-3-5-18(19)14-25-21/h3-10,14-15,20,22-24H,11-13H2,1-2H3. The van der Waals surface area contributed by atoms with E-state index in [1.165, 1.54) is 11.1 Å². The molecule has 132 valence electrons. The zero-order valence-corrected chi connectivity index (χ0v) is 14.8. The summed E-state index contributed by atoms with van der Waals surface area (Å²) in [5.74, 6) is 1.01. The van der Waals surface area contributed by atoms with Crippen LogP contribution in [-0.2, 0) is 6.54 Å². The molecule has 2 aromatic carbocycles. The average molecular weight is 338 g/mol. The zero-order chi connectivity index (χ0) is 17.6. The molecule has 0 aliphatic carbocycles. The fourth-order valence-corrected chi connectivity index (χ4v) is 3.09. The summed E-state index contributed by atoms with van der Waals surface area (Å²) >= 11 is 0. The third kappa shape index (κ3) is 4.28. The van der Waals surface area contributed by atoms with Crippen LogP contribution in [0.3, 0.4) is 0 Å². The maximum atomic E-state index is 10.4. The van der Waals surface area contributed by atoms with Gasteiger partial charge in [0.25, 0.3) is 0 Å². The lowest BCUT2D eigenvalue weighted by Crippen LogP contribution is -2.25. The third-order valence-electron chi connectivity index (χ3n) is 4.56. The molecular weight excluding hydrogens is 312 g/mol. The molecule has 0 aliphatic rings. The highest BCUT2D eigenvalue weighted by atomic mass is 16.4. The predicted molar refractivity (Wildman–Crippen MR) is 102 cm³/mol. The van der Waals surface area contributed by atoms with Gasteiger partial charge < -0.3 is 20.2 Å². The minimum Gasteiger partial charge on any atom is -0.465 e. The maximum Gasteiger partial charge on any atom is 0.141 e. The highest BCUT2D eigenvalue weighted by Crippen LogP contribution is 2.26. The van der Waals surface area contributed by atoms with Crippen LogP contribution in [0.2, 0.25) is 0 Å². The summed E-state index contributed by atoms with van der Waals surface area (Å²) in [5, 5.41) is 18.9. The Labute approximate surface area is 148 Å². The molecule has 0 saturated heterocycles. The van der Waals surface area contributed by atoms with Gasteiger partial charge in [-0.3, -0.25) is 0 Å². The largest absolute Gasteiger partial charge is 0.465 e. The summed E-state index contributed by atoms with van der Waals surface area (Å²) < 4.78 is 5.56. The van der Waals surface area contributed by atoms with Gasteiger partial charge in [0.05, 0.1) is 6.26 Å². The Hall–Kier alpha value is -2.14. The number of furan rings is 1. The Kier molecular flexibility index (Phi) is 5.87. The van der Waals surface area contributed by atoms with E-state index in [1.54, 1.807) is 6.26 Å². The Morgan fingerprint density at radius 3 is 2.56 bits per heavy atom. The second-order valence-electron chi connectivity index (χ2n) is 6.53. The first-order chi connectivity index (χ1) is 12.2. The predicted octanol–water partition coefficient (Wildman–Crippen LogP) is 3.58. The minimum atomic E-state index is -0.648. The zero-order valence-electron chi connectivity index (χ0n) is 14.8. The number of benzene rings is 2. The van der Waals surface area contributed by atoms with Gasteiger partial charge in [0.1, 0.15) is 11.9 Å². The molecule has 0 spiro atoms. The van der Waals surface area contributed by atoms with Crippen molar-refractivity contribution in [3.63, 3.8) is 0 Å².